The summed E-state index contributed by atoms with van der Waals surface area (Å²) in [5, 5.41) is 0. The van der Waals surface area contributed by atoms with Crippen molar-refractivity contribution in [2.75, 3.05) is 7.11 Å². The van der Waals surface area contributed by atoms with E-state index in [0.29, 0.717) is 5.41 Å². The van der Waals surface area contributed by atoms with E-state index in [0.717, 1.165) is 23.5 Å². The molecule has 4 bridgehead atoms. The lowest BCUT2D eigenvalue weighted by Crippen LogP contribution is -2.48. The smallest absolute Gasteiger partial charge is 0.122 e. The molecule has 1 heteroatoms. The quantitative estimate of drug-likeness (QED) is 0.758. The van der Waals surface area contributed by atoms with Crippen molar-refractivity contribution in [2.45, 2.75) is 50.9 Å². The van der Waals surface area contributed by atoms with Gasteiger partial charge in [0.15, 0.2) is 0 Å². The van der Waals surface area contributed by atoms with E-state index in [1.807, 2.05) is 7.11 Å². The van der Waals surface area contributed by atoms with E-state index in [1.54, 1.807) is 0 Å². The predicted molar refractivity (Wildman–Crippen MR) is 77.6 cm³/mol. The zero-order valence-electron chi connectivity index (χ0n) is 12.1. The third-order valence-corrected chi connectivity index (χ3v) is 5.96. The molecular formula is C18H24O. The maximum Gasteiger partial charge on any atom is 0.122 e. The maximum absolute atomic E-state index is 5.69. The van der Waals surface area contributed by atoms with E-state index in [2.05, 4.69) is 25.1 Å². The highest BCUT2D eigenvalue weighted by atomic mass is 16.5. The van der Waals surface area contributed by atoms with E-state index < -0.39 is 0 Å². The average molecular weight is 256 g/mol. The Bertz CT molecular complexity index is 467. The van der Waals surface area contributed by atoms with Crippen molar-refractivity contribution in [2.24, 2.45) is 17.8 Å². The molecule has 0 saturated heterocycles. The van der Waals surface area contributed by atoms with Crippen LogP contribution in [0, 0.1) is 24.7 Å². The van der Waals surface area contributed by atoms with Gasteiger partial charge in [-0.15, -0.1) is 0 Å². The minimum atomic E-state index is 0.451. The van der Waals surface area contributed by atoms with E-state index >= 15 is 0 Å². The Hall–Kier alpha value is -0.980. The molecule has 0 aromatic heterocycles. The zero-order valence-corrected chi connectivity index (χ0v) is 12.1. The van der Waals surface area contributed by atoms with Gasteiger partial charge < -0.3 is 4.74 Å². The number of methoxy groups -OCH3 is 1. The predicted octanol–water partition coefficient (Wildman–Crippen LogP) is 4.47. The van der Waals surface area contributed by atoms with Gasteiger partial charge in [0.25, 0.3) is 0 Å². The lowest BCUT2D eigenvalue weighted by molar-refractivity contribution is -0.00618. The molecule has 0 N–H and O–H groups in total. The Balaban J connectivity index is 1.81. The first-order valence-electron chi connectivity index (χ1n) is 7.84. The summed E-state index contributed by atoms with van der Waals surface area (Å²) >= 11 is 0. The second-order valence-electron chi connectivity index (χ2n) is 7.40. The normalized spacial score (nSPS) is 39.6. The Morgan fingerprint density at radius 3 is 2.11 bits per heavy atom. The van der Waals surface area contributed by atoms with Crippen LogP contribution in [-0.4, -0.2) is 7.11 Å². The van der Waals surface area contributed by atoms with Crippen molar-refractivity contribution in [3.8, 4) is 5.75 Å². The number of hydrogen-bond acceptors (Lipinski definition) is 1. The van der Waals surface area contributed by atoms with Gasteiger partial charge in [-0.2, -0.15) is 0 Å². The highest BCUT2D eigenvalue weighted by Crippen LogP contribution is 2.61. The minimum absolute atomic E-state index is 0.451. The highest BCUT2D eigenvalue weighted by molar-refractivity contribution is 5.44. The first kappa shape index (κ1) is 11.8. The molecule has 1 aromatic rings. The fraction of sp³-hybridized carbons (Fsp3) is 0.667. The second-order valence-corrected chi connectivity index (χ2v) is 7.40. The number of rotatable bonds is 2. The van der Waals surface area contributed by atoms with Crippen LogP contribution in [0.2, 0.25) is 0 Å². The molecule has 0 amide bonds. The molecule has 0 unspecified atom stereocenters. The SMILES string of the molecule is COc1ccc(C)cc1C12CC3CC(CC(C3)C1)C2. The van der Waals surface area contributed by atoms with Gasteiger partial charge in [0.05, 0.1) is 7.11 Å². The summed E-state index contributed by atoms with van der Waals surface area (Å²) in [6, 6.07) is 6.78. The molecular weight excluding hydrogens is 232 g/mol. The van der Waals surface area contributed by atoms with Gasteiger partial charge >= 0.3 is 0 Å². The Morgan fingerprint density at radius 2 is 1.58 bits per heavy atom. The van der Waals surface area contributed by atoms with Crippen molar-refractivity contribution >= 4 is 0 Å². The molecule has 1 nitrogen and oxygen atoms in total. The van der Waals surface area contributed by atoms with E-state index in [-0.39, 0.29) is 0 Å². The van der Waals surface area contributed by atoms with Gasteiger partial charge in [-0.25, -0.2) is 0 Å². The lowest BCUT2D eigenvalue weighted by Gasteiger charge is -2.57. The molecule has 1 aromatic carbocycles. The maximum atomic E-state index is 5.69. The van der Waals surface area contributed by atoms with Crippen LogP contribution in [0.5, 0.6) is 5.75 Å². The number of aryl methyl sites for hydroxylation is 1. The molecule has 4 saturated carbocycles. The summed E-state index contributed by atoms with van der Waals surface area (Å²) in [5.74, 6) is 4.12. The highest BCUT2D eigenvalue weighted by Gasteiger charge is 2.52. The van der Waals surface area contributed by atoms with Crippen LogP contribution in [0.25, 0.3) is 0 Å². The third-order valence-electron chi connectivity index (χ3n) is 5.96. The molecule has 4 fully saturated rings. The van der Waals surface area contributed by atoms with Crippen molar-refractivity contribution in [1.82, 2.24) is 0 Å². The van der Waals surface area contributed by atoms with Crippen LogP contribution in [0.4, 0.5) is 0 Å². The summed E-state index contributed by atoms with van der Waals surface area (Å²) in [6.07, 6.45) is 8.77. The van der Waals surface area contributed by atoms with Gasteiger partial charge in [-0.05, 0) is 74.7 Å². The summed E-state index contributed by atoms with van der Waals surface area (Å²) in [6.45, 7) is 2.21. The van der Waals surface area contributed by atoms with Crippen molar-refractivity contribution in [3.05, 3.63) is 29.3 Å². The second kappa shape index (κ2) is 4.01. The molecule has 4 aliphatic rings. The van der Waals surface area contributed by atoms with Crippen LogP contribution in [0.15, 0.2) is 18.2 Å². The summed E-state index contributed by atoms with van der Waals surface area (Å²) in [7, 11) is 1.83. The van der Waals surface area contributed by atoms with Crippen molar-refractivity contribution in [3.63, 3.8) is 0 Å². The monoisotopic (exact) mass is 256 g/mol. The van der Waals surface area contributed by atoms with Gasteiger partial charge in [0, 0.05) is 5.56 Å². The van der Waals surface area contributed by atoms with Crippen LogP contribution in [-0.2, 0) is 5.41 Å². The molecule has 0 atom stereocenters. The molecule has 0 spiro atoms. The largest absolute Gasteiger partial charge is 0.496 e. The molecule has 102 valence electrons. The molecule has 0 aliphatic heterocycles. The minimum Gasteiger partial charge on any atom is -0.496 e. The van der Waals surface area contributed by atoms with Gasteiger partial charge in [-0.3, -0.25) is 0 Å². The van der Waals surface area contributed by atoms with Gasteiger partial charge in [0.2, 0.25) is 0 Å². The van der Waals surface area contributed by atoms with Crippen LogP contribution >= 0.6 is 0 Å². The molecule has 0 radical (unpaired) electrons. The van der Waals surface area contributed by atoms with E-state index in [1.165, 1.54) is 49.7 Å². The summed E-state index contributed by atoms with van der Waals surface area (Å²) in [5.41, 5.74) is 3.35. The van der Waals surface area contributed by atoms with Crippen LogP contribution in [0.3, 0.4) is 0 Å². The fourth-order valence-electron chi connectivity index (χ4n) is 5.68. The average Bonchev–Trinajstić information content (AvgIpc) is 2.37. The lowest BCUT2D eigenvalue weighted by atomic mass is 9.48. The van der Waals surface area contributed by atoms with Crippen LogP contribution in [0.1, 0.15) is 49.7 Å². The van der Waals surface area contributed by atoms with Gasteiger partial charge in [0.1, 0.15) is 5.75 Å². The van der Waals surface area contributed by atoms with E-state index in [4.69, 9.17) is 4.74 Å². The number of hydrogen-bond donors (Lipinski definition) is 0. The first-order valence-corrected chi connectivity index (χ1v) is 7.84. The standard InChI is InChI=1S/C18H24O/c1-12-3-4-17(19-2)16(5-12)18-9-13-6-14(10-18)8-15(7-13)11-18/h3-5,13-15H,6-11H2,1-2H3. The molecule has 4 aliphatic carbocycles. The summed E-state index contributed by atoms with van der Waals surface area (Å²) < 4.78 is 5.69. The molecule has 19 heavy (non-hydrogen) atoms. The van der Waals surface area contributed by atoms with Gasteiger partial charge in [-0.1, -0.05) is 17.7 Å². The summed E-state index contributed by atoms with van der Waals surface area (Å²) in [4.78, 5) is 0. The van der Waals surface area contributed by atoms with Crippen molar-refractivity contribution in [1.29, 1.82) is 0 Å². The Labute approximate surface area is 116 Å². The Morgan fingerprint density at radius 1 is 1.00 bits per heavy atom. The molecule has 5 rings (SSSR count). The zero-order chi connectivity index (χ0) is 13.0. The molecule has 0 heterocycles. The number of ether oxygens (including phenoxy) is 1. The number of benzene rings is 1. The third kappa shape index (κ3) is 1.74. The van der Waals surface area contributed by atoms with E-state index in [9.17, 15) is 0 Å². The fourth-order valence-corrected chi connectivity index (χ4v) is 5.68. The Kier molecular flexibility index (Phi) is 2.49. The van der Waals surface area contributed by atoms with Crippen LogP contribution < -0.4 is 4.74 Å². The van der Waals surface area contributed by atoms with Crippen molar-refractivity contribution < 1.29 is 4.74 Å². The topological polar surface area (TPSA) is 9.23 Å². The first-order chi connectivity index (χ1) is 9.18.